The smallest absolute Gasteiger partial charge is 0.241 e. The molecule has 5 atom stereocenters. The van der Waals surface area contributed by atoms with Crippen LogP contribution in [0.25, 0.3) is 0 Å². The van der Waals surface area contributed by atoms with Gasteiger partial charge in [0.05, 0.1) is 23.8 Å². The van der Waals surface area contributed by atoms with Gasteiger partial charge < -0.3 is 14.4 Å². The van der Waals surface area contributed by atoms with Crippen molar-refractivity contribution in [2.24, 2.45) is 11.3 Å². The van der Waals surface area contributed by atoms with Crippen molar-refractivity contribution in [3.8, 4) is 6.07 Å². The molecule has 2 bridgehead atoms. The highest BCUT2D eigenvalue weighted by Crippen LogP contribution is 2.53. The van der Waals surface area contributed by atoms with Crippen molar-refractivity contribution in [1.29, 1.82) is 5.26 Å². The van der Waals surface area contributed by atoms with E-state index in [0.29, 0.717) is 6.54 Å². The van der Waals surface area contributed by atoms with E-state index in [4.69, 9.17) is 4.74 Å². The number of carbonyl (C=O) groups is 2. The molecule has 3 fully saturated rings. The van der Waals surface area contributed by atoms with Gasteiger partial charge in [-0.05, 0) is 37.0 Å². The maximum absolute atomic E-state index is 13.0. The summed E-state index contributed by atoms with van der Waals surface area (Å²) in [6.45, 7) is 7.23. The fraction of sp³-hybridized carbons (Fsp3) is 0.833. The van der Waals surface area contributed by atoms with E-state index in [0.717, 1.165) is 32.0 Å². The number of amides is 1. The van der Waals surface area contributed by atoms with Crippen LogP contribution in [0, 0.1) is 22.7 Å². The van der Waals surface area contributed by atoms with Crippen molar-refractivity contribution in [1.82, 2.24) is 10.2 Å². The summed E-state index contributed by atoms with van der Waals surface area (Å²) in [7, 11) is 0. The van der Waals surface area contributed by atoms with Crippen LogP contribution in [0.15, 0.2) is 0 Å². The van der Waals surface area contributed by atoms with Gasteiger partial charge in [0.2, 0.25) is 5.91 Å². The largest absolute Gasteiger partial charge is 0.369 e. The van der Waals surface area contributed by atoms with Crippen LogP contribution in [0.5, 0.6) is 0 Å². The molecular weight excluding hydrogens is 306 g/mol. The number of carbonyl (C=O) groups excluding carboxylic acids is 2. The van der Waals surface area contributed by atoms with E-state index in [-0.39, 0.29) is 47.6 Å². The number of nitrogens with one attached hydrogen (secondary N) is 1. The maximum atomic E-state index is 13.0. The first kappa shape index (κ1) is 17.4. The van der Waals surface area contributed by atoms with Gasteiger partial charge in [-0.15, -0.1) is 0 Å². The van der Waals surface area contributed by atoms with Crippen molar-refractivity contribution in [3.63, 3.8) is 0 Å². The average molecular weight is 333 g/mol. The van der Waals surface area contributed by atoms with Gasteiger partial charge in [0.15, 0.2) is 0 Å². The minimum atomic E-state index is -0.303. The molecule has 2 heterocycles. The standard InChI is InChI=1S/C18H27N3O3/c1-17(2,3)18-10-12(9-14(18)24-8-7-22)15(20-18)16(23)21-6-4-5-13(21)11-19/h7,12-15,20H,4-6,8-10H2,1-3H3/t12-,13+,14-,15+,18+/m1/s1. The van der Waals surface area contributed by atoms with E-state index in [9.17, 15) is 14.9 Å². The number of fused-ring (bicyclic) bond motifs is 2. The fourth-order valence-corrected chi connectivity index (χ4v) is 4.88. The second kappa shape index (κ2) is 6.12. The van der Waals surface area contributed by atoms with Gasteiger partial charge in [-0.2, -0.15) is 5.26 Å². The molecule has 3 rings (SSSR count). The SMILES string of the molecule is CC(C)(C)[C@]12C[C@@H](C[C@H]1OCC=O)[C@@H](C(=O)N1CCC[C@H]1C#N)N2. The topological polar surface area (TPSA) is 82.4 Å². The Hall–Kier alpha value is -1.45. The number of piperidine rings is 1. The first-order valence-electron chi connectivity index (χ1n) is 8.87. The van der Waals surface area contributed by atoms with Crippen molar-refractivity contribution in [3.05, 3.63) is 0 Å². The molecule has 24 heavy (non-hydrogen) atoms. The predicted octanol–water partition coefficient (Wildman–Crippen LogP) is 1.25. The van der Waals surface area contributed by atoms with Crippen LogP contribution in [0.3, 0.4) is 0 Å². The van der Waals surface area contributed by atoms with Gasteiger partial charge in [0.25, 0.3) is 0 Å². The lowest BCUT2D eigenvalue weighted by atomic mass is 9.71. The summed E-state index contributed by atoms with van der Waals surface area (Å²) in [4.78, 5) is 25.5. The van der Waals surface area contributed by atoms with Gasteiger partial charge in [-0.1, -0.05) is 20.8 Å². The zero-order valence-corrected chi connectivity index (χ0v) is 14.7. The number of likely N-dealkylation sites (tertiary alicyclic amines) is 1. The molecule has 1 saturated carbocycles. The lowest BCUT2D eigenvalue weighted by Crippen LogP contribution is -2.64. The second-order valence-corrected chi connectivity index (χ2v) is 8.35. The molecular formula is C18H27N3O3. The van der Waals surface area contributed by atoms with E-state index in [2.05, 4.69) is 32.2 Å². The third-order valence-corrected chi connectivity index (χ3v) is 6.19. The Morgan fingerprint density at radius 3 is 2.88 bits per heavy atom. The summed E-state index contributed by atoms with van der Waals surface area (Å²) in [5.41, 5.74) is -0.396. The molecule has 1 amide bonds. The first-order valence-corrected chi connectivity index (χ1v) is 8.87. The molecule has 1 N–H and O–H groups in total. The summed E-state index contributed by atoms with van der Waals surface area (Å²) < 4.78 is 5.80. The van der Waals surface area contributed by atoms with Gasteiger partial charge in [-0.3, -0.25) is 10.1 Å². The average Bonchev–Trinajstić information content (AvgIpc) is 3.23. The molecule has 0 radical (unpaired) electrons. The van der Waals surface area contributed by atoms with E-state index in [1.54, 1.807) is 4.90 Å². The number of ether oxygens (including phenoxy) is 1. The molecule has 1 aliphatic carbocycles. The molecule has 0 aromatic rings. The summed E-state index contributed by atoms with van der Waals surface area (Å²) in [6, 6.07) is 1.73. The van der Waals surface area contributed by atoms with Crippen molar-refractivity contribution >= 4 is 12.2 Å². The fourth-order valence-electron chi connectivity index (χ4n) is 4.88. The van der Waals surface area contributed by atoms with Crippen molar-refractivity contribution in [2.75, 3.05) is 13.2 Å². The highest BCUT2D eigenvalue weighted by molar-refractivity contribution is 5.84. The van der Waals surface area contributed by atoms with Crippen LogP contribution in [0.4, 0.5) is 0 Å². The zero-order chi connectivity index (χ0) is 17.5. The summed E-state index contributed by atoms with van der Waals surface area (Å²) in [6.07, 6.45) is 4.07. The van der Waals surface area contributed by atoms with Gasteiger partial charge in [-0.25, -0.2) is 0 Å². The lowest BCUT2D eigenvalue weighted by Gasteiger charge is -2.47. The van der Waals surface area contributed by atoms with Gasteiger partial charge in [0.1, 0.15) is 18.9 Å². The molecule has 0 unspecified atom stereocenters. The van der Waals surface area contributed by atoms with E-state index in [1.807, 2.05) is 0 Å². The van der Waals surface area contributed by atoms with Crippen molar-refractivity contribution < 1.29 is 14.3 Å². The van der Waals surface area contributed by atoms with Gasteiger partial charge in [0, 0.05) is 6.54 Å². The van der Waals surface area contributed by atoms with Crippen molar-refractivity contribution in [2.45, 2.75) is 70.2 Å². The summed E-state index contributed by atoms with van der Waals surface area (Å²) in [5, 5.41) is 12.8. The number of nitrogens with zero attached hydrogens (tertiary/aromatic N) is 2. The highest BCUT2D eigenvalue weighted by Gasteiger charge is 2.63. The van der Waals surface area contributed by atoms with E-state index < -0.39 is 0 Å². The molecule has 0 spiro atoms. The lowest BCUT2D eigenvalue weighted by molar-refractivity contribution is -0.137. The number of rotatable bonds is 4. The quantitative estimate of drug-likeness (QED) is 0.783. The number of hydrogen-bond acceptors (Lipinski definition) is 5. The Labute approximate surface area is 143 Å². The Kier molecular flexibility index (Phi) is 4.43. The zero-order valence-electron chi connectivity index (χ0n) is 14.7. The molecule has 132 valence electrons. The third kappa shape index (κ3) is 2.55. The number of aldehydes is 1. The van der Waals surface area contributed by atoms with Crippen LogP contribution in [-0.4, -0.2) is 54.0 Å². The molecule has 6 heteroatoms. The number of nitriles is 1. The predicted molar refractivity (Wildman–Crippen MR) is 88.0 cm³/mol. The molecule has 2 saturated heterocycles. The molecule has 6 nitrogen and oxygen atoms in total. The minimum Gasteiger partial charge on any atom is -0.369 e. The molecule has 0 aromatic carbocycles. The molecule has 0 aromatic heterocycles. The van der Waals surface area contributed by atoms with E-state index in [1.165, 1.54) is 0 Å². The van der Waals surface area contributed by atoms with Crippen LogP contribution in [-0.2, 0) is 14.3 Å². The maximum Gasteiger partial charge on any atom is 0.241 e. The first-order chi connectivity index (χ1) is 11.3. The van der Waals surface area contributed by atoms with E-state index >= 15 is 0 Å². The second-order valence-electron chi connectivity index (χ2n) is 8.35. The third-order valence-electron chi connectivity index (χ3n) is 6.19. The molecule has 2 aliphatic heterocycles. The van der Waals surface area contributed by atoms with Gasteiger partial charge >= 0.3 is 0 Å². The Balaban J connectivity index is 1.80. The molecule has 3 aliphatic rings. The monoisotopic (exact) mass is 333 g/mol. The van der Waals surface area contributed by atoms with Crippen LogP contribution >= 0.6 is 0 Å². The highest BCUT2D eigenvalue weighted by atomic mass is 16.5. The summed E-state index contributed by atoms with van der Waals surface area (Å²) in [5.74, 6) is 0.261. The number of hydrogen-bond donors (Lipinski definition) is 1. The Morgan fingerprint density at radius 2 is 2.25 bits per heavy atom. The summed E-state index contributed by atoms with van der Waals surface area (Å²) >= 11 is 0. The minimum absolute atomic E-state index is 0.0536. The van der Waals surface area contributed by atoms with Crippen LogP contribution in [0.1, 0.15) is 46.5 Å². The van der Waals surface area contributed by atoms with Crippen LogP contribution in [0.2, 0.25) is 0 Å². The Bertz CT molecular complexity index is 565. The normalized spacial score (nSPS) is 38.3. The Morgan fingerprint density at radius 1 is 1.50 bits per heavy atom. The van der Waals surface area contributed by atoms with Crippen LogP contribution < -0.4 is 5.32 Å².